The molecule has 1 amide bonds. The van der Waals surface area contributed by atoms with Crippen LogP contribution in [-0.2, 0) is 15.6 Å². The Morgan fingerprint density at radius 2 is 2.14 bits per heavy atom. The average molecular weight is 436 g/mol. The van der Waals surface area contributed by atoms with Gasteiger partial charge < -0.3 is 4.90 Å². The topological polar surface area (TPSA) is 80.5 Å². The Kier molecular flexibility index (Phi) is 7.30. The quantitative estimate of drug-likeness (QED) is 0.534. The highest BCUT2D eigenvalue weighted by Crippen LogP contribution is 2.27. The van der Waals surface area contributed by atoms with E-state index in [1.165, 1.54) is 24.1 Å². The predicted molar refractivity (Wildman–Crippen MR) is 101 cm³/mol. The Hall–Kier alpha value is -2.27. The highest BCUT2D eigenvalue weighted by Gasteiger charge is 2.32. The first-order valence-electron chi connectivity index (χ1n) is 8.07. The molecular formula is C16H17ClF3N5O2S. The van der Waals surface area contributed by atoms with E-state index in [0.717, 1.165) is 4.90 Å². The Labute approximate surface area is 166 Å². The molecular weight excluding hydrogens is 419 g/mol. The van der Waals surface area contributed by atoms with E-state index in [9.17, 15) is 22.2 Å². The van der Waals surface area contributed by atoms with Gasteiger partial charge >= 0.3 is 6.18 Å². The highest BCUT2D eigenvalue weighted by atomic mass is 35.5. The minimum atomic E-state index is -4.48. The summed E-state index contributed by atoms with van der Waals surface area (Å²) in [5.41, 5.74) is 0.810. The molecule has 0 bridgehead atoms. The summed E-state index contributed by atoms with van der Waals surface area (Å²) in [7, 11) is -1.01. The number of amides is 1. The normalized spacial score (nSPS) is 13.4. The van der Waals surface area contributed by atoms with Crippen LogP contribution in [-0.4, -0.2) is 55.4 Å². The predicted octanol–water partition coefficient (Wildman–Crippen LogP) is 3.00. The second-order valence-corrected chi connectivity index (χ2v) is 7.30. The van der Waals surface area contributed by atoms with E-state index in [-0.39, 0.29) is 17.4 Å². The van der Waals surface area contributed by atoms with Gasteiger partial charge in [-0.05, 0) is 19.1 Å². The molecule has 0 aliphatic carbocycles. The van der Waals surface area contributed by atoms with E-state index in [1.54, 1.807) is 25.3 Å². The van der Waals surface area contributed by atoms with E-state index in [4.69, 9.17) is 11.6 Å². The lowest BCUT2D eigenvalue weighted by Gasteiger charge is -2.20. The molecule has 2 heterocycles. The third-order valence-electron chi connectivity index (χ3n) is 3.59. The molecule has 0 aliphatic rings. The minimum absolute atomic E-state index is 0.00409. The highest BCUT2D eigenvalue weighted by molar-refractivity contribution is 8.02. The summed E-state index contributed by atoms with van der Waals surface area (Å²) in [6.45, 7) is 1.76. The number of aromatic nitrogens is 3. The van der Waals surface area contributed by atoms with Crippen molar-refractivity contribution in [2.75, 3.05) is 24.2 Å². The van der Waals surface area contributed by atoms with Gasteiger partial charge in [-0.25, -0.2) is 4.68 Å². The second-order valence-electron chi connectivity index (χ2n) is 5.45. The molecule has 0 aliphatic heterocycles. The van der Waals surface area contributed by atoms with Crippen molar-refractivity contribution in [3.05, 3.63) is 35.9 Å². The number of pyridine rings is 1. The summed E-state index contributed by atoms with van der Waals surface area (Å²) in [5, 5.41) is 3.65. The summed E-state index contributed by atoms with van der Waals surface area (Å²) >= 11 is 6.15. The number of alkyl halides is 3. The van der Waals surface area contributed by atoms with Crippen molar-refractivity contribution in [1.82, 2.24) is 14.8 Å². The largest absolute Gasteiger partial charge is 0.390 e. The van der Waals surface area contributed by atoms with Gasteiger partial charge in [0.2, 0.25) is 0 Å². The first-order chi connectivity index (χ1) is 13.2. The fourth-order valence-corrected chi connectivity index (χ4v) is 3.64. The molecule has 1 unspecified atom stereocenters. The van der Waals surface area contributed by atoms with Gasteiger partial charge in [0.1, 0.15) is 5.69 Å². The molecule has 0 radical (unpaired) electrons. The maximum Gasteiger partial charge on any atom is 0.390 e. The van der Waals surface area contributed by atoms with Gasteiger partial charge in [0, 0.05) is 25.5 Å². The van der Waals surface area contributed by atoms with Crippen molar-refractivity contribution in [2.24, 2.45) is 4.99 Å². The van der Waals surface area contributed by atoms with Gasteiger partial charge in [0.05, 0.1) is 35.3 Å². The number of anilines is 1. The van der Waals surface area contributed by atoms with Crippen LogP contribution >= 0.6 is 11.6 Å². The van der Waals surface area contributed by atoms with Crippen molar-refractivity contribution >= 4 is 39.0 Å². The van der Waals surface area contributed by atoms with E-state index >= 15 is 0 Å². The molecule has 28 heavy (non-hydrogen) atoms. The van der Waals surface area contributed by atoms with Crippen LogP contribution in [0, 0.1) is 0 Å². The molecule has 12 heteroatoms. The standard InChI is InChI=1S/C16H17ClF3N5O2S/c1-3-24(15(26)14(21-2)28(27)8-6-16(18,19)20)12-10-25(23-13(12)17)11-5-4-7-22-9-11/h4-5,7,9-10H,3,6,8H2,1-2H3. The first kappa shape index (κ1) is 22.0. The van der Waals surface area contributed by atoms with Gasteiger partial charge in [-0.3, -0.25) is 19.0 Å². The average Bonchev–Trinajstić information content (AvgIpc) is 3.03. The Bertz CT molecular complexity index is 886. The van der Waals surface area contributed by atoms with Crippen LogP contribution in [0.1, 0.15) is 13.3 Å². The Balaban J connectivity index is 2.27. The first-order valence-corrected chi connectivity index (χ1v) is 9.77. The fraction of sp³-hybridized carbons (Fsp3) is 0.375. The van der Waals surface area contributed by atoms with Crippen LogP contribution in [0.25, 0.3) is 5.69 Å². The lowest BCUT2D eigenvalue weighted by Crippen LogP contribution is -2.39. The van der Waals surface area contributed by atoms with Gasteiger partial charge in [0.15, 0.2) is 10.2 Å². The number of halogens is 4. The maximum absolute atomic E-state index is 12.8. The van der Waals surface area contributed by atoms with E-state index < -0.39 is 40.1 Å². The van der Waals surface area contributed by atoms with Crippen molar-refractivity contribution in [3.63, 3.8) is 0 Å². The second kappa shape index (κ2) is 9.28. The van der Waals surface area contributed by atoms with Gasteiger partial charge in [-0.2, -0.15) is 18.3 Å². The Morgan fingerprint density at radius 1 is 1.43 bits per heavy atom. The van der Waals surface area contributed by atoms with Crippen molar-refractivity contribution in [1.29, 1.82) is 0 Å². The monoisotopic (exact) mass is 435 g/mol. The van der Waals surface area contributed by atoms with Gasteiger partial charge in [-0.1, -0.05) is 11.6 Å². The third-order valence-corrected chi connectivity index (χ3v) is 5.22. The molecule has 7 nitrogen and oxygen atoms in total. The summed E-state index contributed by atoms with van der Waals surface area (Å²) in [4.78, 5) is 21.6. The van der Waals surface area contributed by atoms with Crippen molar-refractivity contribution in [2.45, 2.75) is 19.5 Å². The number of aliphatic imine (C=N–C) groups is 1. The molecule has 2 aromatic heterocycles. The van der Waals surface area contributed by atoms with Crippen LogP contribution in [0.3, 0.4) is 0 Å². The lowest BCUT2D eigenvalue weighted by molar-refractivity contribution is -0.129. The van der Waals surface area contributed by atoms with E-state index in [2.05, 4.69) is 15.1 Å². The van der Waals surface area contributed by atoms with E-state index in [0.29, 0.717) is 5.69 Å². The van der Waals surface area contributed by atoms with E-state index in [1.807, 2.05) is 0 Å². The summed E-state index contributed by atoms with van der Waals surface area (Å²) in [6, 6.07) is 3.42. The number of carbonyl (C=O) groups is 1. The van der Waals surface area contributed by atoms with Crippen LogP contribution in [0.4, 0.5) is 18.9 Å². The smallest absolute Gasteiger partial charge is 0.302 e. The molecule has 0 N–H and O–H groups in total. The van der Waals surface area contributed by atoms with Crippen LogP contribution in [0.5, 0.6) is 0 Å². The molecule has 0 fully saturated rings. The van der Waals surface area contributed by atoms with Crippen molar-refractivity contribution < 1.29 is 22.2 Å². The summed E-state index contributed by atoms with van der Waals surface area (Å²) < 4.78 is 50.8. The molecule has 0 spiro atoms. The molecule has 2 rings (SSSR count). The molecule has 0 aromatic carbocycles. The van der Waals surface area contributed by atoms with Crippen LogP contribution in [0.2, 0.25) is 5.15 Å². The number of nitrogens with zero attached hydrogens (tertiary/aromatic N) is 5. The zero-order valence-corrected chi connectivity index (χ0v) is 16.6. The summed E-state index contributed by atoms with van der Waals surface area (Å²) in [5.74, 6) is -1.54. The molecule has 2 aromatic rings. The number of hydrogen-bond acceptors (Lipinski definition) is 5. The maximum atomic E-state index is 12.8. The third kappa shape index (κ3) is 5.38. The van der Waals surface area contributed by atoms with Gasteiger partial charge in [0.25, 0.3) is 5.91 Å². The number of carbonyl (C=O) groups excluding carboxylic acids is 1. The van der Waals surface area contributed by atoms with Gasteiger partial charge in [-0.15, -0.1) is 0 Å². The lowest BCUT2D eigenvalue weighted by atomic mass is 10.4. The molecule has 1 atom stereocenters. The minimum Gasteiger partial charge on any atom is -0.302 e. The SMILES string of the molecule is CCN(C(=O)C(=NC)S(=O)CCC(F)(F)F)c1cn(-c2cccnc2)nc1Cl. The number of hydrogen-bond donors (Lipinski definition) is 0. The van der Waals surface area contributed by atoms with Crippen LogP contribution in [0.15, 0.2) is 35.7 Å². The van der Waals surface area contributed by atoms with Crippen molar-refractivity contribution in [3.8, 4) is 5.69 Å². The molecule has 0 saturated carbocycles. The summed E-state index contributed by atoms with van der Waals surface area (Å²) in [6.07, 6.45) is -1.16. The fourth-order valence-electron chi connectivity index (χ4n) is 2.29. The molecule has 152 valence electrons. The zero-order chi connectivity index (χ0) is 20.9. The Morgan fingerprint density at radius 3 is 2.68 bits per heavy atom. The number of rotatable bonds is 5. The molecule has 0 saturated heterocycles. The zero-order valence-electron chi connectivity index (χ0n) is 15.0. The van der Waals surface area contributed by atoms with Crippen LogP contribution < -0.4 is 4.90 Å².